The molecule has 1 unspecified atom stereocenters. The topological polar surface area (TPSA) is 25.8 Å². The minimum atomic E-state index is 0.323. The maximum absolute atomic E-state index is 6.37. The monoisotopic (exact) mass is 284 g/mol. The highest BCUT2D eigenvalue weighted by Gasteiger charge is 2.26. The van der Waals surface area contributed by atoms with E-state index in [9.17, 15) is 0 Å². The van der Waals surface area contributed by atoms with Crippen LogP contribution in [0.25, 0.3) is 0 Å². The molecule has 1 aromatic heterocycles. The van der Waals surface area contributed by atoms with Crippen molar-refractivity contribution in [1.29, 1.82) is 0 Å². The minimum absolute atomic E-state index is 0.323. The van der Waals surface area contributed by atoms with E-state index < -0.39 is 0 Å². The van der Waals surface area contributed by atoms with Gasteiger partial charge < -0.3 is 0 Å². The van der Waals surface area contributed by atoms with E-state index in [-0.39, 0.29) is 0 Å². The number of hydrogen-bond acceptors (Lipinski definition) is 2. The zero-order valence-corrected chi connectivity index (χ0v) is 12.2. The summed E-state index contributed by atoms with van der Waals surface area (Å²) < 4.78 is 0. The molecule has 20 heavy (non-hydrogen) atoms. The van der Waals surface area contributed by atoms with Gasteiger partial charge in [0.2, 0.25) is 0 Å². The van der Waals surface area contributed by atoms with Crippen molar-refractivity contribution in [2.75, 3.05) is 0 Å². The fourth-order valence-electron chi connectivity index (χ4n) is 3.58. The van der Waals surface area contributed by atoms with E-state index in [4.69, 9.17) is 16.6 Å². The Hall–Kier alpha value is -1.41. The van der Waals surface area contributed by atoms with Crippen LogP contribution in [0.4, 0.5) is 0 Å². The third kappa shape index (κ3) is 1.94. The highest BCUT2D eigenvalue weighted by atomic mass is 35.5. The Morgan fingerprint density at radius 3 is 2.85 bits per heavy atom. The summed E-state index contributed by atoms with van der Waals surface area (Å²) in [4.78, 5) is 9.46. The predicted octanol–water partition coefficient (Wildman–Crippen LogP) is 4.09. The van der Waals surface area contributed by atoms with Gasteiger partial charge in [-0.25, -0.2) is 9.97 Å². The summed E-state index contributed by atoms with van der Waals surface area (Å²) in [5.41, 5.74) is 5.21. The molecular weight excluding hydrogens is 268 g/mol. The second kappa shape index (κ2) is 4.85. The molecule has 0 saturated heterocycles. The van der Waals surface area contributed by atoms with E-state index in [1.54, 1.807) is 0 Å². The first-order valence-corrected chi connectivity index (χ1v) is 7.83. The molecule has 102 valence electrons. The molecule has 0 saturated carbocycles. The highest BCUT2D eigenvalue weighted by Crippen LogP contribution is 2.37. The molecular formula is C17H17ClN2. The van der Waals surface area contributed by atoms with Gasteiger partial charge in [-0.05, 0) is 49.7 Å². The lowest BCUT2D eigenvalue weighted by Crippen LogP contribution is -2.15. The average molecular weight is 285 g/mol. The SMILES string of the molecule is Clc1nc(C2CCCc3ccccc32)nc2c1CCC2. The number of aryl methyl sites for hydroxylation is 2. The van der Waals surface area contributed by atoms with Gasteiger partial charge in [-0.3, -0.25) is 0 Å². The summed E-state index contributed by atoms with van der Waals surface area (Å²) in [6.45, 7) is 0. The zero-order chi connectivity index (χ0) is 13.5. The summed E-state index contributed by atoms with van der Waals surface area (Å²) in [6, 6.07) is 8.70. The molecule has 1 heterocycles. The van der Waals surface area contributed by atoms with Gasteiger partial charge in [0.15, 0.2) is 0 Å². The largest absolute Gasteiger partial charge is 0.237 e. The van der Waals surface area contributed by atoms with Gasteiger partial charge in [-0.1, -0.05) is 35.9 Å². The van der Waals surface area contributed by atoms with Crippen molar-refractivity contribution in [3.8, 4) is 0 Å². The highest BCUT2D eigenvalue weighted by molar-refractivity contribution is 6.30. The lowest BCUT2D eigenvalue weighted by atomic mass is 9.82. The number of aromatic nitrogens is 2. The molecule has 2 aromatic rings. The van der Waals surface area contributed by atoms with Crippen molar-refractivity contribution in [3.63, 3.8) is 0 Å². The Bertz CT molecular complexity index is 666. The Labute approximate surface area is 124 Å². The van der Waals surface area contributed by atoms with Crippen molar-refractivity contribution >= 4 is 11.6 Å². The Balaban J connectivity index is 1.81. The van der Waals surface area contributed by atoms with Crippen LogP contribution in [0.15, 0.2) is 24.3 Å². The summed E-state index contributed by atoms with van der Waals surface area (Å²) >= 11 is 6.37. The van der Waals surface area contributed by atoms with E-state index >= 15 is 0 Å². The summed E-state index contributed by atoms with van der Waals surface area (Å²) in [6.07, 6.45) is 6.76. The minimum Gasteiger partial charge on any atom is -0.237 e. The fourth-order valence-corrected chi connectivity index (χ4v) is 3.87. The Morgan fingerprint density at radius 1 is 1.00 bits per heavy atom. The van der Waals surface area contributed by atoms with Gasteiger partial charge in [-0.15, -0.1) is 0 Å². The van der Waals surface area contributed by atoms with Crippen LogP contribution in [0.2, 0.25) is 5.15 Å². The van der Waals surface area contributed by atoms with Gasteiger partial charge in [0, 0.05) is 17.2 Å². The molecule has 0 aliphatic heterocycles. The Kier molecular flexibility index (Phi) is 2.99. The quantitative estimate of drug-likeness (QED) is 0.737. The molecule has 2 nitrogen and oxygen atoms in total. The number of fused-ring (bicyclic) bond motifs is 2. The maximum Gasteiger partial charge on any atom is 0.137 e. The van der Waals surface area contributed by atoms with Gasteiger partial charge in [0.05, 0.1) is 0 Å². The summed E-state index contributed by atoms with van der Waals surface area (Å²) in [5, 5.41) is 0.686. The molecule has 0 amide bonds. The molecule has 4 rings (SSSR count). The molecule has 3 heteroatoms. The standard InChI is InChI=1S/C17H17ClN2/c18-16-14-9-4-10-15(14)19-17(20-16)13-8-3-6-11-5-1-2-7-12(11)13/h1-2,5,7,13H,3-4,6,8-10H2. The average Bonchev–Trinajstić information content (AvgIpc) is 2.95. The van der Waals surface area contributed by atoms with E-state index in [2.05, 4.69) is 29.2 Å². The summed E-state index contributed by atoms with van der Waals surface area (Å²) in [7, 11) is 0. The molecule has 1 aromatic carbocycles. The smallest absolute Gasteiger partial charge is 0.137 e. The number of rotatable bonds is 1. The third-order valence-corrected chi connectivity index (χ3v) is 4.89. The van der Waals surface area contributed by atoms with E-state index in [1.165, 1.54) is 35.2 Å². The molecule has 0 N–H and O–H groups in total. The molecule has 2 aliphatic rings. The zero-order valence-electron chi connectivity index (χ0n) is 11.4. The summed E-state index contributed by atoms with van der Waals surface area (Å²) in [5.74, 6) is 1.26. The van der Waals surface area contributed by atoms with Crippen LogP contribution in [-0.2, 0) is 19.3 Å². The first-order chi connectivity index (χ1) is 9.83. The van der Waals surface area contributed by atoms with Crippen LogP contribution < -0.4 is 0 Å². The maximum atomic E-state index is 6.37. The van der Waals surface area contributed by atoms with E-state index in [1.807, 2.05) is 0 Å². The predicted molar refractivity (Wildman–Crippen MR) is 80.3 cm³/mol. The van der Waals surface area contributed by atoms with Crippen molar-refractivity contribution in [2.45, 2.75) is 44.4 Å². The molecule has 0 radical (unpaired) electrons. The fraction of sp³-hybridized carbons (Fsp3) is 0.412. The number of halogens is 1. The first-order valence-electron chi connectivity index (χ1n) is 7.46. The van der Waals surface area contributed by atoms with E-state index in [0.29, 0.717) is 11.1 Å². The van der Waals surface area contributed by atoms with Crippen molar-refractivity contribution in [1.82, 2.24) is 9.97 Å². The molecule has 0 bridgehead atoms. The number of nitrogens with zero attached hydrogens (tertiary/aromatic N) is 2. The Morgan fingerprint density at radius 2 is 1.90 bits per heavy atom. The van der Waals surface area contributed by atoms with Crippen LogP contribution >= 0.6 is 11.6 Å². The van der Waals surface area contributed by atoms with Gasteiger partial charge in [-0.2, -0.15) is 0 Å². The van der Waals surface area contributed by atoms with Crippen LogP contribution in [-0.4, -0.2) is 9.97 Å². The number of hydrogen-bond donors (Lipinski definition) is 0. The van der Waals surface area contributed by atoms with Crippen molar-refractivity contribution in [3.05, 3.63) is 57.6 Å². The normalized spacial score (nSPS) is 20.6. The molecule has 1 atom stereocenters. The third-order valence-electron chi connectivity index (χ3n) is 4.58. The van der Waals surface area contributed by atoms with Crippen LogP contribution in [0.1, 0.15) is 53.4 Å². The van der Waals surface area contributed by atoms with Gasteiger partial charge >= 0.3 is 0 Å². The molecule has 0 spiro atoms. The second-order valence-corrected chi connectivity index (χ2v) is 6.15. The van der Waals surface area contributed by atoms with Crippen molar-refractivity contribution < 1.29 is 0 Å². The van der Waals surface area contributed by atoms with Crippen LogP contribution in [0.3, 0.4) is 0 Å². The first kappa shape index (κ1) is 12.3. The molecule has 2 aliphatic carbocycles. The number of benzene rings is 1. The molecule has 0 fully saturated rings. The van der Waals surface area contributed by atoms with Gasteiger partial charge in [0.25, 0.3) is 0 Å². The van der Waals surface area contributed by atoms with E-state index in [0.717, 1.165) is 31.5 Å². The van der Waals surface area contributed by atoms with Gasteiger partial charge in [0.1, 0.15) is 11.0 Å². The lowest BCUT2D eigenvalue weighted by Gasteiger charge is -2.24. The van der Waals surface area contributed by atoms with Crippen LogP contribution in [0, 0.1) is 0 Å². The van der Waals surface area contributed by atoms with Crippen molar-refractivity contribution in [2.24, 2.45) is 0 Å². The van der Waals surface area contributed by atoms with Crippen LogP contribution in [0.5, 0.6) is 0 Å². The second-order valence-electron chi connectivity index (χ2n) is 5.80. The lowest BCUT2D eigenvalue weighted by molar-refractivity contribution is 0.588.